The maximum atomic E-state index is 5.02. The molecular weight excluding hydrogens is 502 g/mol. The molecule has 1 rings (SSSR count). The van der Waals surface area contributed by atoms with Crippen molar-refractivity contribution in [3.05, 3.63) is 35.7 Å². The quantitative estimate of drug-likeness (QED) is 0.416. The van der Waals surface area contributed by atoms with Crippen LogP contribution in [-0.2, 0) is 0 Å². The molecule has 0 heterocycles. The summed E-state index contributed by atoms with van der Waals surface area (Å²) in [6.45, 7) is 26.2. The average molecular weight is 543 g/mol. The zero-order chi connectivity index (χ0) is 21.7. The predicted octanol–water partition coefficient (Wildman–Crippen LogP) is 4.83. The van der Waals surface area contributed by atoms with Gasteiger partial charge in [-0.1, -0.05) is 0 Å². The summed E-state index contributed by atoms with van der Waals surface area (Å²) in [6.07, 6.45) is 0. The molecular formula is C21H41GeN3SeSi2. The molecule has 0 aliphatic rings. The Morgan fingerprint density at radius 1 is 0.893 bits per heavy atom. The monoisotopic (exact) mass is 545 g/mol. The van der Waals surface area contributed by atoms with E-state index in [1.165, 1.54) is 5.69 Å². The fraction of sp³-hybridized carbons (Fsp3) is 0.667. The standard InChI is InChI=1S/C21H41GeN3SeSi2/c1-18(2)16-23-20-14-12-11-13-15-21(20)24(17-19(3)4)22(26)25(27(5,6)7)28(8,9)10/h11-15,18-19H,16-17H2,1-10H3. The van der Waals surface area contributed by atoms with Gasteiger partial charge in [-0.15, -0.1) is 0 Å². The summed E-state index contributed by atoms with van der Waals surface area (Å²) in [7, 11) is -2.88. The Hall–Kier alpha value is -0.0139. The molecule has 158 valence electrons. The van der Waals surface area contributed by atoms with E-state index >= 15 is 0 Å². The first-order valence-electron chi connectivity index (χ1n) is 10.5. The van der Waals surface area contributed by atoms with Crippen LogP contribution in [-0.4, -0.2) is 58.7 Å². The van der Waals surface area contributed by atoms with Gasteiger partial charge >= 0.3 is 188 Å². The summed E-state index contributed by atoms with van der Waals surface area (Å²) in [6, 6.07) is 10.9. The molecule has 0 spiro atoms. The van der Waals surface area contributed by atoms with Crippen LogP contribution in [0.15, 0.2) is 35.3 Å². The SMILES string of the molecule is CC(C)CN=c1cccccc1[N](CC(C)C)[Ge](=[Se])[N]([Si](C)(C)C)[Si](C)(C)C. The number of nitrogens with zero attached hydrogens (tertiary/aromatic N) is 3. The van der Waals surface area contributed by atoms with Crippen molar-refractivity contribution in [3.63, 3.8) is 0 Å². The molecule has 0 fully saturated rings. The minimum absolute atomic E-state index is 0.570. The van der Waals surface area contributed by atoms with Crippen LogP contribution in [0, 0.1) is 11.8 Å². The van der Waals surface area contributed by atoms with Crippen molar-refractivity contribution < 1.29 is 0 Å². The Bertz CT molecular complexity index is 710. The molecule has 0 bridgehead atoms. The molecule has 0 aromatic heterocycles. The molecule has 0 unspecified atom stereocenters. The van der Waals surface area contributed by atoms with Gasteiger partial charge in [0.15, 0.2) is 0 Å². The van der Waals surface area contributed by atoms with E-state index in [2.05, 4.69) is 118 Å². The van der Waals surface area contributed by atoms with Crippen LogP contribution >= 0.6 is 0 Å². The van der Waals surface area contributed by atoms with Gasteiger partial charge in [0.1, 0.15) is 0 Å². The van der Waals surface area contributed by atoms with E-state index in [9.17, 15) is 0 Å². The second-order valence-corrected chi connectivity index (χ2v) is 29.5. The van der Waals surface area contributed by atoms with Crippen molar-refractivity contribution in [2.24, 2.45) is 16.8 Å². The van der Waals surface area contributed by atoms with Crippen molar-refractivity contribution >= 4 is 48.1 Å². The Morgan fingerprint density at radius 2 is 1.43 bits per heavy atom. The molecule has 0 amide bonds. The number of rotatable bonds is 9. The first-order valence-corrected chi connectivity index (χ1v) is 24.5. The van der Waals surface area contributed by atoms with Crippen molar-refractivity contribution in [1.82, 2.24) is 3.19 Å². The Morgan fingerprint density at radius 3 is 1.89 bits per heavy atom. The summed E-state index contributed by atoms with van der Waals surface area (Å²) in [5.41, 5.74) is 1.31. The Balaban J connectivity index is 3.63. The van der Waals surface area contributed by atoms with Gasteiger partial charge in [0, 0.05) is 0 Å². The van der Waals surface area contributed by atoms with E-state index in [1.54, 1.807) is 0 Å². The summed E-state index contributed by atoms with van der Waals surface area (Å²) >= 11 is 1.93. The molecule has 0 aliphatic heterocycles. The summed E-state index contributed by atoms with van der Waals surface area (Å²) < 4.78 is 5.75. The zero-order valence-corrected chi connectivity index (χ0v) is 25.5. The van der Waals surface area contributed by atoms with Crippen LogP contribution in [0.1, 0.15) is 27.7 Å². The van der Waals surface area contributed by atoms with Gasteiger partial charge in [-0.3, -0.25) is 0 Å². The summed E-state index contributed by atoms with van der Waals surface area (Å²) in [5.74, 6) is 1.19. The number of anilines is 1. The van der Waals surface area contributed by atoms with Gasteiger partial charge in [-0.2, -0.15) is 0 Å². The van der Waals surface area contributed by atoms with E-state index < -0.39 is 28.9 Å². The molecule has 0 saturated heterocycles. The van der Waals surface area contributed by atoms with Gasteiger partial charge in [0.25, 0.3) is 0 Å². The summed E-state index contributed by atoms with van der Waals surface area (Å²) in [5, 5.41) is 1.14. The van der Waals surface area contributed by atoms with E-state index in [0.717, 1.165) is 18.4 Å². The number of hydrogen-bond acceptors (Lipinski definition) is 3. The van der Waals surface area contributed by atoms with Crippen LogP contribution in [0.25, 0.3) is 0 Å². The first kappa shape index (κ1) is 26.0. The van der Waals surface area contributed by atoms with Gasteiger partial charge in [0.05, 0.1) is 0 Å². The molecule has 0 N–H and O–H groups in total. The molecule has 0 atom stereocenters. The molecule has 28 heavy (non-hydrogen) atoms. The minimum atomic E-state index is -1.81. The van der Waals surface area contributed by atoms with Crippen molar-refractivity contribution in [2.45, 2.75) is 67.0 Å². The van der Waals surface area contributed by atoms with Gasteiger partial charge in [-0.25, -0.2) is 0 Å². The Kier molecular flexibility index (Phi) is 10.1. The van der Waals surface area contributed by atoms with E-state index in [4.69, 9.17) is 4.99 Å². The van der Waals surface area contributed by atoms with Crippen LogP contribution in [0.5, 0.6) is 0 Å². The fourth-order valence-corrected chi connectivity index (χ4v) is 43.4. The van der Waals surface area contributed by atoms with E-state index in [1.807, 2.05) is 0 Å². The molecule has 1 aromatic carbocycles. The van der Waals surface area contributed by atoms with E-state index in [0.29, 0.717) is 11.8 Å². The third-order valence-electron chi connectivity index (χ3n) is 4.22. The number of hydrogen-bond donors (Lipinski definition) is 0. The van der Waals surface area contributed by atoms with Crippen molar-refractivity contribution in [3.8, 4) is 0 Å². The summed E-state index contributed by atoms with van der Waals surface area (Å²) in [4.78, 5) is 5.02. The predicted molar refractivity (Wildman–Crippen MR) is 134 cm³/mol. The third-order valence-corrected chi connectivity index (χ3v) is 32.4. The van der Waals surface area contributed by atoms with E-state index in [-0.39, 0.29) is 0 Å². The van der Waals surface area contributed by atoms with Crippen molar-refractivity contribution in [2.75, 3.05) is 16.9 Å². The van der Waals surface area contributed by atoms with Gasteiger partial charge < -0.3 is 0 Å². The first-order chi connectivity index (χ1) is 12.7. The second-order valence-electron chi connectivity index (χ2n) is 10.4. The zero-order valence-electron chi connectivity index (χ0n) is 19.7. The molecule has 1 aromatic rings. The second kappa shape index (κ2) is 10.8. The Labute approximate surface area is 187 Å². The van der Waals surface area contributed by atoms with Crippen LogP contribution in [0.3, 0.4) is 0 Å². The van der Waals surface area contributed by atoms with Gasteiger partial charge in [-0.05, 0) is 0 Å². The maximum absolute atomic E-state index is 5.02. The topological polar surface area (TPSA) is 18.8 Å². The fourth-order valence-electron chi connectivity index (χ4n) is 3.52. The molecule has 0 radical (unpaired) electrons. The molecule has 3 nitrogen and oxygen atoms in total. The van der Waals surface area contributed by atoms with Crippen LogP contribution in [0.2, 0.25) is 39.3 Å². The third kappa shape index (κ3) is 8.02. The van der Waals surface area contributed by atoms with Crippen LogP contribution in [0.4, 0.5) is 5.69 Å². The molecule has 7 heteroatoms. The van der Waals surface area contributed by atoms with Crippen molar-refractivity contribution in [1.29, 1.82) is 0 Å². The molecule has 0 aliphatic carbocycles. The van der Waals surface area contributed by atoms with Crippen LogP contribution < -0.4 is 9.21 Å². The normalized spacial score (nSPS) is 13.2. The average Bonchev–Trinajstić information content (AvgIpc) is 2.72. The van der Waals surface area contributed by atoms with Gasteiger partial charge in [0.2, 0.25) is 0 Å². The molecule has 0 saturated carbocycles.